The Labute approximate surface area is 154 Å². The Kier molecular flexibility index (Phi) is 6.48. The minimum Gasteiger partial charge on any atom is -0.449 e. The normalized spacial score (nSPS) is 11.6. The van der Waals surface area contributed by atoms with E-state index in [9.17, 15) is 14.0 Å². The second kappa shape index (κ2) is 8.79. The number of amides is 1. The van der Waals surface area contributed by atoms with Gasteiger partial charge >= 0.3 is 5.97 Å². The van der Waals surface area contributed by atoms with Gasteiger partial charge < -0.3 is 10.1 Å². The molecular weight excluding hydrogens is 359 g/mol. The molecule has 2 aromatic carbocycles. The van der Waals surface area contributed by atoms with Crippen molar-refractivity contribution in [3.8, 4) is 6.07 Å². The number of halogens is 2. The maximum Gasteiger partial charge on any atom is 0.331 e. The lowest BCUT2D eigenvalue weighted by atomic mass is 10.2. The van der Waals surface area contributed by atoms with E-state index in [1.165, 1.54) is 49.4 Å². The minimum atomic E-state index is -1.08. The highest BCUT2D eigenvalue weighted by Gasteiger charge is 2.17. The molecule has 0 aliphatic carbocycles. The lowest BCUT2D eigenvalue weighted by Crippen LogP contribution is -2.29. The van der Waals surface area contributed by atoms with E-state index < -0.39 is 23.8 Å². The van der Waals surface area contributed by atoms with Gasteiger partial charge in [0.2, 0.25) is 0 Å². The van der Waals surface area contributed by atoms with Gasteiger partial charge in [-0.3, -0.25) is 4.79 Å². The van der Waals surface area contributed by atoms with Crippen molar-refractivity contribution < 1.29 is 18.7 Å². The first-order chi connectivity index (χ1) is 12.4. The van der Waals surface area contributed by atoms with Crippen molar-refractivity contribution in [2.75, 3.05) is 5.32 Å². The van der Waals surface area contributed by atoms with E-state index >= 15 is 0 Å². The number of rotatable bonds is 5. The third kappa shape index (κ3) is 5.16. The number of ether oxygens (including phenoxy) is 1. The smallest absolute Gasteiger partial charge is 0.331 e. The summed E-state index contributed by atoms with van der Waals surface area (Å²) in [6, 6.07) is 12.2. The fraction of sp³-hybridized carbons (Fsp3) is 0.105. The molecule has 0 aromatic heterocycles. The van der Waals surface area contributed by atoms with Crippen LogP contribution >= 0.6 is 11.6 Å². The van der Waals surface area contributed by atoms with Gasteiger partial charge in [-0.05, 0) is 37.3 Å². The molecule has 2 aromatic rings. The number of carbonyl (C=O) groups is 2. The van der Waals surface area contributed by atoms with Crippen LogP contribution in [0.15, 0.2) is 48.5 Å². The van der Waals surface area contributed by atoms with Gasteiger partial charge in [0.15, 0.2) is 6.10 Å². The second-order valence-electron chi connectivity index (χ2n) is 5.23. The molecule has 0 unspecified atom stereocenters. The van der Waals surface area contributed by atoms with Crippen LogP contribution in [0.3, 0.4) is 0 Å². The van der Waals surface area contributed by atoms with Crippen molar-refractivity contribution in [1.29, 1.82) is 5.26 Å². The van der Waals surface area contributed by atoms with Gasteiger partial charge in [0.05, 0.1) is 10.6 Å². The number of nitriles is 1. The van der Waals surface area contributed by atoms with E-state index in [-0.39, 0.29) is 16.1 Å². The molecule has 7 heteroatoms. The number of hydrogen-bond acceptors (Lipinski definition) is 4. The molecule has 0 spiro atoms. The zero-order valence-corrected chi connectivity index (χ0v) is 14.5. The standard InChI is InChI=1S/C19H14ClFN2O3/c1-12(19(25)23-15-8-6-14(11-22)16(20)10-15)26-18(24)9-7-13-4-2-3-5-17(13)21/h2-10,12H,1H3,(H,23,25)/b9-7+/t12-/m1/s1. The van der Waals surface area contributed by atoms with Crippen LogP contribution in [-0.4, -0.2) is 18.0 Å². The largest absolute Gasteiger partial charge is 0.449 e. The van der Waals surface area contributed by atoms with E-state index in [0.717, 1.165) is 6.08 Å². The molecule has 2 rings (SSSR count). The van der Waals surface area contributed by atoms with Gasteiger partial charge in [0, 0.05) is 17.3 Å². The van der Waals surface area contributed by atoms with Crippen LogP contribution in [0.4, 0.5) is 10.1 Å². The van der Waals surface area contributed by atoms with Crippen molar-refractivity contribution in [2.45, 2.75) is 13.0 Å². The van der Waals surface area contributed by atoms with Crippen LogP contribution in [0, 0.1) is 17.1 Å². The molecule has 1 amide bonds. The van der Waals surface area contributed by atoms with Crippen LogP contribution < -0.4 is 5.32 Å². The number of carbonyl (C=O) groups excluding carboxylic acids is 2. The number of hydrogen-bond donors (Lipinski definition) is 1. The van der Waals surface area contributed by atoms with Gasteiger partial charge in [-0.25, -0.2) is 9.18 Å². The van der Waals surface area contributed by atoms with Gasteiger partial charge in [0.25, 0.3) is 5.91 Å². The zero-order chi connectivity index (χ0) is 19.1. The van der Waals surface area contributed by atoms with E-state index in [1.54, 1.807) is 6.07 Å². The third-order valence-electron chi connectivity index (χ3n) is 3.32. The lowest BCUT2D eigenvalue weighted by Gasteiger charge is -2.12. The maximum atomic E-state index is 13.5. The molecule has 0 heterocycles. The summed E-state index contributed by atoms with van der Waals surface area (Å²) in [6.07, 6.45) is 1.23. The highest BCUT2D eigenvalue weighted by atomic mass is 35.5. The average Bonchev–Trinajstić information content (AvgIpc) is 2.61. The molecular formula is C19H14ClFN2O3. The molecule has 1 N–H and O–H groups in total. The monoisotopic (exact) mass is 372 g/mol. The van der Waals surface area contributed by atoms with Crippen LogP contribution in [0.1, 0.15) is 18.1 Å². The van der Waals surface area contributed by atoms with E-state index in [4.69, 9.17) is 21.6 Å². The molecule has 26 heavy (non-hydrogen) atoms. The molecule has 0 saturated heterocycles. The summed E-state index contributed by atoms with van der Waals surface area (Å²) in [5, 5.41) is 11.5. The molecule has 0 saturated carbocycles. The fourth-order valence-electron chi connectivity index (χ4n) is 1.96. The molecule has 1 atom stereocenters. The summed E-state index contributed by atoms with van der Waals surface area (Å²) in [7, 11) is 0. The predicted molar refractivity (Wildman–Crippen MR) is 95.8 cm³/mol. The number of nitrogens with zero attached hydrogens (tertiary/aromatic N) is 1. The Morgan fingerprint density at radius 3 is 2.69 bits per heavy atom. The van der Waals surface area contributed by atoms with Crippen molar-refractivity contribution >= 4 is 35.2 Å². The highest BCUT2D eigenvalue weighted by Crippen LogP contribution is 2.20. The summed E-state index contributed by atoms with van der Waals surface area (Å²) in [6.45, 7) is 1.40. The first kappa shape index (κ1) is 19.2. The number of benzene rings is 2. The molecule has 0 aliphatic heterocycles. The Bertz CT molecular complexity index is 906. The third-order valence-corrected chi connectivity index (χ3v) is 3.64. The van der Waals surface area contributed by atoms with Crippen molar-refractivity contribution in [3.05, 3.63) is 70.5 Å². The molecule has 5 nitrogen and oxygen atoms in total. The number of anilines is 1. The van der Waals surface area contributed by atoms with Crippen molar-refractivity contribution in [2.24, 2.45) is 0 Å². The fourth-order valence-corrected chi connectivity index (χ4v) is 2.19. The van der Waals surface area contributed by atoms with Crippen molar-refractivity contribution in [1.82, 2.24) is 0 Å². The van der Waals surface area contributed by atoms with E-state index in [0.29, 0.717) is 5.69 Å². The zero-order valence-electron chi connectivity index (χ0n) is 13.7. The second-order valence-corrected chi connectivity index (χ2v) is 5.64. The maximum absolute atomic E-state index is 13.5. The Morgan fingerprint density at radius 1 is 1.31 bits per heavy atom. The topological polar surface area (TPSA) is 79.2 Å². The predicted octanol–water partition coefficient (Wildman–Crippen LogP) is 3.93. The lowest BCUT2D eigenvalue weighted by molar-refractivity contribution is -0.148. The van der Waals surface area contributed by atoms with E-state index in [1.807, 2.05) is 6.07 Å². The molecule has 0 fully saturated rings. The molecule has 132 valence electrons. The minimum absolute atomic E-state index is 0.197. The summed E-state index contributed by atoms with van der Waals surface area (Å²) < 4.78 is 18.4. The Balaban J connectivity index is 1.94. The summed E-state index contributed by atoms with van der Waals surface area (Å²) in [5.41, 5.74) is 0.875. The van der Waals surface area contributed by atoms with Crippen LogP contribution in [0.5, 0.6) is 0 Å². The number of nitrogens with one attached hydrogen (secondary N) is 1. The first-order valence-electron chi connectivity index (χ1n) is 7.54. The van der Waals surface area contributed by atoms with Gasteiger partial charge in [-0.2, -0.15) is 5.26 Å². The van der Waals surface area contributed by atoms with Gasteiger partial charge in [-0.15, -0.1) is 0 Å². The van der Waals surface area contributed by atoms with E-state index in [2.05, 4.69) is 5.32 Å². The highest BCUT2D eigenvalue weighted by molar-refractivity contribution is 6.32. The average molecular weight is 373 g/mol. The van der Waals surface area contributed by atoms with Crippen molar-refractivity contribution in [3.63, 3.8) is 0 Å². The molecule has 0 radical (unpaired) electrons. The SMILES string of the molecule is C[C@@H](OC(=O)/C=C/c1ccccc1F)C(=O)Nc1ccc(C#N)c(Cl)c1. The number of esters is 1. The Morgan fingerprint density at radius 2 is 2.04 bits per heavy atom. The quantitative estimate of drug-likeness (QED) is 0.637. The summed E-state index contributed by atoms with van der Waals surface area (Å²) in [4.78, 5) is 23.8. The van der Waals surface area contributed by atoms with Gasteiger partial charge in [0.1, 0.15) is 11.9 Å². The van der Waals surface area contributed by atoms with Crippen LogP contribution in [0.25, 0.3) is 6.08 Å². The first-order valence-corrected chi connectivity index (χ1v) is 7.92. The summed E-state index contributed by atoms with van der Waals surface area (Å²) >= 11 is 5.89. The Hall–Kier alpha value is -3.17. The van der Waals surface area contributed by atoms with Crippen LogP contribution in [0.2, 0.25) is 5.02 Å². The summed E-state index contributed by atoms with van der Waals surface area (Å²) in [5.74, 6) is -1.83. The van der Waals surface area contributed by atoms with Gasteiger partial charge in [-0.1, -0.05) is 29.8 Å². The molecule has 0 aliphatic rings. The van der Waals surface area contributed by atoms with Crippen LogP contribution in [-0.2, 0) is 14.3 Å². The molecule has 0 bridgehead atoms.